The first-order valence-corrected chi connectivity index (χ1v) is 5.59. The van der Waals surface area contributed by atoms with Crippen LogP contribution < -0.4 is 4.90 Å². The third kappa shape index (κ3) is 1.35. The van der Waals surface area contributed by atoms with Crippen LogP contribution in [0.2, 0.25) is 0 Å². The molecule has 3 nitrogen and oxygen atoms in total. The predicted octanol–water partition coefficient (Wildman–Crippen LogP) is 1.87. The highest BCUT2D eigenvalue weighted by atomic mass is 16.2. The van der Waals surface area contributed by atoms with E-state index in [-0.39, 0.29) is 17.6 Å². The second-order valence-electron chi connectivity index (χ2n) is 4.65. The van der Waals surface area contributed by atoms with Crippen molar-refractivity contribution in [2.45, 2.75) is 13.3 Å². The Labute approximate surface area is 94.1 Å². The van der Waals surface area contributed by atoms with Gasteiger partial charge in [-0.15, -0.1) is 0 Å². The Bertz CT molecular complexity index is 463. The predicted molar refractivity (Wildman–Crippen MR) is 60.4 cm³/mol. The molecule has 3 heteroatoms. The van der Waals surface area contributed by atoms with Gasteiger partial charge in [0.15, 0.2) is 5.78 Å². The second-order valence-corrected chi connectivity index (χ2v) is 4.65. The quantitative estimate of drug-likeness (QED) is 0.706. The highest BCUT2D eigenvalue weighted by Crippen LogP contribution is 2.47. The smallest absolute Gasteiger partial charge is 0.230 e. The molecule has 3 rings (SSSR count). The van der Waals surface area contributed by atoms with Crippen molar-refractivity contribution >= 4 is 17.4 Å². The number of benzene rings is 1. The highest BCUT2D eigenvalue weighted by Gasteiger charge is 2.52. The Balaban J connectivity index is 1.85. The van der Waals surface area contributed by atoms with Crippen molar-refractivity contribution in [3.8, 4) is 0 Å². The van der Waals surface area contributed by atoms with Crippen LogP contribution in [0.25, 0.3) is 0 Å². The van der Waals surface area contributed by atoms with E-state index in [1.165, 1.54) is 0 Å². The number of carbonyl (C=O) groups excluding carboxylic acids is 2. The van der Waals surface area contributed by atoms with Gasteiger partial charge < -0.3 is 4.90 Å². The summed E-state index contributed by atoms with van der Waals surface area (Å²) in [6, 6.07) is 7.29. The summed E-state index contributed by atoms with van der Waals surface area (Å²) in [7, 11) is 0. The maximum absolute atomic E-state index is 11.8. The van der Waals surface area contributed by atoms with Crippen LogP contribution in [-0.4, -0.2) is 18.2 Å². The number of ketones is 1. The summed E-state index contributed by atoms with van der Waals surface area (Å²) in [5.41, 5.74) is 1.61. The van der Waals surface area contributed by atoms with E-state index < -0.39 is 0 Å². The van der Waals surface area contributed by atoms with Gasteiger partial charge in [0.2, 0.25) is 5.91 Å². The Hall–Kier alpha value is -1.64. The van der Waals surface area contributed by atoms with Gasteiger partial charge in [-0.25, -0.2) is 0 Å². The first-order valence-electron chi connectivity index (χ1n) is 5.59. The molecule has 1 saturated heterocycles. The van der Waals surface area contributed by atoms with Gasteiger partial charge in [-0.1, -0.05) is 0 Å². The number of hydrogen-bond donors (Lipinski definition) is 0. The van der Waals surface area contributed by atoms with Gasteiger partial charge in [0.1, 0.15) is 0 Å². The van der Waals surface area contributed by atoms with E-state index in [0.717, 1.165) is 18.7 Å². The topological polar surface area (TPSA) is 37.4 Å². The summed E-state index contributed by atoms with van der Waals surface area (Å²) in [6.45, 7) is 2.40. The fourth-order valence-electron chi connectivity index (χ4n) is 2.39. The van der Waals surface area contributed by atoms with E-state index in [0.29, 0.717) is 11.5 Å². The van der Waals surface area contributed by atoms with Crippen LogP contribution in [0.15, 0.2) is 24.3 Å². The number of piperidine rings is 1. The summed E-state index contributed by atoms with van der Waals surface area (Å²) in [5, 5.41) is 0. The first-order chi connectivity index (χ1) is 7.66. The van der Waals surface area contributed by atoms with E-state index in [1.54, 1.807) is 19.1 Å². The average molecular weight is 215 g/mol. The van der Waals surface area contributed by atoms with Crippen molar-refractivity contribution in [1.29, 1.82) is 0 Å². The van der Waals surface area contributed by atoms with Gasteiger partial charge in [-0.05, 0) is 43.5 Å². The van der Waals surface area contributed by atoms with Gasteiger partial charge in [-0.3, -0.25) is 9.59 Å². The zero-order chi connectivity index (χ0) is 11.3. The molecular weight excluding hydrogens is 202 g/mol. The third-order valence-corrected chi connectivity index (χ3v) is 3.51. The van der Waals surface area contributed by atoms with Crippen molar-refractivity contribution in [2.75, 3.05) is 11.4 Å². The van der Waals surface area contributed by atoms with Crippen LogP contribution >= 0.6 is 0 Å². The molecule has 82 valence electrons. The standard InChI is InChI=1S/C13H13NO2/c1-8(15)9-2-4-11(5-3-9)14-7-10-6-12(10)13(14)16/h2-5,10,12H,6-7H2,1H3. The van der Waals surface area contributed by atoms with Crippen molar-refractivity contribution in [2.24, 2.45) is 11.8 Å². The molecule has 0 spiro atoms. The molecule has 0 bridgehead atoms. The highest BCUT2D eigenvalue weighted by molar-refractivity contribution is 6.00. The Morgan fingerprint density at radius 2 is 2.00 bits per heavy atom. The molecular formula is C13H13NO2. The lowest BCUT2D eigenvalue weighted by Gasteiger charge is -2.18. The minimum atomic E-state index is 0.0575. The summed E-state index contributed by atoms with van der Waals surface area (Å²) in [4.78, 5) is 24.8. The largest absolute Gasteiger partial charge is 0.312 e. The lowest BCUT2D eigenvalue weighted by atomic mass is 10.1. The molecule has 1 amide bonds. The number of carbonyl (C=O) groups is 2. The molecule has 1 saturated carbocycles. The molecule has 1 aliphatic heterocycles. The van der Waals surface area contributed by atoms with Gasteiger partial charge in [0.25, 0.3) is 0 Å². The van der Waals surface area contributed by atoms with Gasteiger partial charge in [0, 0.05) is 23.7 Å². The number of amides is 1. The number of hydrogen-bond acceptors (Lipinski definition) is 2. The second kappa shape index (κ2) is 3.17. The first kappa shape index (κ1) is 9.58. The molecule has 0 radical (unpaired) electrons. The van der Waals surface area contributed by atoms with E-state index in [4.69, 9.17) is 0 Å². The summed E-state index contributed by atoms with van der Waals surface area (Å²) < 4.78 is 0. The SMILES string of the molecule is CC(=O)c1ccc(N2CC3CC3C2=O)cc1. The normalized spacial score (nSPS) is 26.8. The van der Waals surface area contributed by atoms with E-state index in [9.17, 15) is 9.59 Å². The molecule has 0 N–H and O–H groups in total. The van der Waals surface area contributed by atoms with E-state index in [1.807, 2.05) is 17.0 Å². The van der Waals surface area contributed by atoms with Gasteiger partial charge in [-0.2, -0.15) is 0 Å². The average Bonchev–Trinajstić information content (AvgIpc) is 2.98. The molecule has 2 atom stereocenters. The summed E-state index contributed by atoms with van der Waals surface area (Å²) >= 11 is 0. The molecule has 2 unspecified atom stereocenters. The van der Waals surface area contributed by atoms with Crippen molar-refractivity contribution in [3.05, 3.63) is 29.8 Å². The fraction of sp³-hybridized carbons (Fsp3) is 0.385. The maximum Gasteiger partial charge on any atom is 0.230 e. The summed E-state index contributed by atoms with van der Waals surface area (Å²) in [6.07, 6.45) is 1.07. The lowest BCUT2D eigenvalue weighted by Crippen LogP contribution is -2.27. The molecule has 1 heterocycles. The Morgan fingerprint density at radius 1 is 1.31 bits per heavy atom. The summed E-state index contributed by atoms with van der Waals surface area (Å²) in [5.74, 6) is 1.18. The van der Waals surface area contributed by atoms with Crippen molar-refractivity contribution in [1.82, 2.24) is 0 Å². The Morgan fingerprint density at radius 3 is 2.50 bits per heavy atom. The van der Waals surface area contributed by atoms with Crippen molar-refractivity contribution in [3.63, 3.8) is 0 Å². The molecule has 1 aliphatic carbocycles. The minimum absolute atomic E-state index is 0.0575. The molecule has 1 aromatic rings. The molecule has 2 fully saturated rings. The number of fused-ring (bicyclic) bond motifs is 1. The Kier molecular flexibility index (Phi) is 1.90. The van der Waals surface area contributed by atoms with Crippen LogP contribution in [0.5, 0.6) is 0 Å². The maximum atomic E-state index is 11.8. The zero-order valence-corrected chi connectivity index (χ0v) is 9.14. The fourth-order valence-corrected chi connectivity index (χ4v) is 2.39. The van der Waals surface area contributed by atoms with Crippen LogP contribution in [0.3, 0.4) is 0 Å². The number of Topliss-reactive ketones (excluding diaryl/α,β-unsaturated/α-hetero) is 1. The van der Waals surface area contributed by atoms with Crippen LogP contribution in [0.1, 0.15) is 23.7 Å². The van der Waals surface area contributed by atoms with Crippen molar-refractivity contribution < 1.29 is 9.59 Å². The lowest BCUT2D eigenvalue weighted by molar-refractivity contribution is -0.118. The van der Waals surface area contributed by atoms with Crippen LogP contribution in [0.4, 0.5) is 5.69 Å². The molecule has 16 heavy (non-hydrogen) atoms. The third-order valence-electron chi connectivity index (χ3n) is 3.51. The van der Waals surface area contributed by atoms with Gasteiger partial charge in [0.05, 0.1) is 0 Å². The number of anilines is 1. The number of nitrogens with zero attached hydrogens (tertiary/aromatic N) is 1. The van der Waals surface area contributed by atoms with E-state index in [2.05, 4.69) is 0 Å². The van der Waals surface area contributed by atoms with E-state index >= 15 is 0 Å². The molecule has 0 aromatic heterocycles. The van der Waals surface area contributed by atoms with Crippen LogP contribution in [-0.2, 0) is 4.79 Å². The monoisotopic (exact) mass is 215 g/mol. The molecule has 1 aromatic carbocycles. The number of rotatable bonds is 2. The minimum Gasteiger partial charge on any atom is -0.312 e. The zero-order valence-electron chi connectivity index (χ0n) is 9.14. The van der Waals surface area contributed by atoms with Gasteiger partial charge >= 0.3 is 0 Å². The van der Waals surface area contributed by atoms with Crippen LogP contribution in [0, 0.1) is 11.8 Å². The molecule has 2 aliphatic rings.